The second kappa shape index (κ2) is 5.14. The van der Waals surface area contributed by atoms with Crippen molar-refractivity contribution in [1.82, 2.24) is 9.80 Å². The summed E-state index contributed by atoms with van der Waals surface area (Å²) in [5.74, 6) is 0.0391. The molecule has 0 bridgehead atoms. The zero-order valence-corrected chi connectivity index (χ0v) is 10.9. The van der Waals surface area contributed by atoms with Gasteiger partial charge in [-0.1, -0.05) is 0 Å². The topological polar surface area (TPSA) is 75.9 Å². The molecule has 2 fully saturated rings. The van der Waals surface area contributed by atoms with E-state index in [1.165, 1.54) is 0 Å². The molecule has 2 aliphatic rings. The van der Waals surface area contributed by atoms with Crippen LogP contribution in [0.25, 0.3) is 0 Å². The van der Waals surface area contributed by atoms with E-state index >= 15 is 0 Å². The van der Waals surface area contributed by atoms with Crippen LogP contribution in [0.2, 0.25) is 0 Å². The van der Waals surface area contributed by atoms with E-state index < -0.39 is 5.54 Å². The lowest BCUT2D eigenvalue weighted by Gasteiger charge is -2.43. The third-order valence-corrected chi connectivity index (χ3v) is 3.76. The fourth-order valence-corrected chi connectivity index (χ4v) is 2.39. The molecule has 1 aliphatic heterocycles. The SMILES string of the molecule is CCOC(=O)N1CCN(C(=O)C2(N)CCC2)CC1. The summed E-state index contributed by atoms with van der Waals surface area (Å²) in [6, 6.07) is 0. The highest BCUT2D eigenvalue weighted by Crippen LogP contribution is 2.31. The highest BCUT2D eigenvalue weighted by molar-refractivity contribution is 5.87. The molecule has 6 heteroatoms. The van der Waals surface area contributed by atoms with Gasteiger partial charge in [-0.2, -0.15) is 0 Å². The summed E-state index contributed by atoms with van der Waals surface area (Å²) in [5, 5.41) is 0. The van der Waals surface area contributed by atoms with Crippen LogP contribution >= 0.6 is 0 Å². The molecule has 2 rings (SSSR count). The van der Waals surface area contributed by atoms with Crippen LogP contribution in [0.4, 0.5) is 4.79 Å². The molecule has 0 spiro atoms. The van der Waals surface area contributed by atoms with Crippen LogP contribution in [0.3, 0.4) is 0 Å². The number of ether oxygens (including phenoxy) is 1. The Balaban J connectivity index is 1.83. The normalized spacial score (nSPS) is 22.3. The lowest BCUT2D eigenvalue weighted by atomic mass is 9.76. The molecule has 1 heterocycles. The number of nitrogens with two attached hydrogens (primary N) is 1. The zero-order chi connectivity index (χ0) is 13.2. The van der Waals surface area contributed by atoms with E-state index in [0.717, 1.165) is 19.3 Å². The molecular weight excluding hydrogens is 234 g/mol. The number of hydrogen-bond acceptors (Lipinski definition) is 4. The largest absolute Gasteiger partial charge is 0.450 e. The van der Waals surface area contributed by atoms with Gasteiger partial charge >= 0.3 is 6.09 Å². The van der Waals surface area contributed by atoms with Crippen molar-refractivity contribution in [2.75, 3.05) is 32.8 Å². The Morgan fingerprint density at radius 1 is 1.17 bits per heavy atom. The van der Waals surface area contributed by atoms with Crippen molar-refractivity contribution in [2.24, 2.45) is 5.73 Å². The quantitative estimate of drug-likeness (QED) is 0.763. The van der Waals surface area contributed by atoms with Crippen molar-refractivity contribution in [3.63, 3.8) is 0 Å². The minimum absolute atomic E-state index is 0.0391. The predicted octanol–water partition coefficient (Wildman–Crippen LogP) is 0.169. The Kier molecular flexibility index (Phi) is 3.75. The van der Waals surface area contributed by atoms with Gasteiger partial charge in [0.15, 0.2) is 0 Å². The second-order valence-electron chi connectivity index (χ2n) is 4.99. The van der Waals surface area contributed by atoms with Crippen LogP contribution < -0.4 is 5.73 Å². The molecule has 102 valence electrons. The highest BCUT2D eigenvalue weighted by Gasteiger charge is 2.43. The van der Waals surface area contributed by atoms with E-state index in [0.29, 0.717) is 32.8 Å². The Morgan fingerprint density at radius 3 is 2.17 bits per heavy atom. The highest BCUT2D eigenvalue weighted by atomic mass is 16.6. The average Bonchev–Trinajstić information content (AvgIpc) is 2.35. The predicted molar refractivity (Wildman–Crippen MR) is 65.9 cm³/mol. The lowest BCUT2D eigenvalue weighted by Crippen LogP contribution is -2.62. The zero-order valence-electron chi connectivity index (χ0n) is 10.9. The van der Waals surface area contributed by atoms with Crippen molar-refractivity contribution < 1.29 is 14.3 Å². The maximum absolute atomic E-state index is 12.2. The number of piperazine rings is 1. The Bertz CT molecular complexity index is 333. The molecule has 1 saturated carbocycles. The van der Waals surface area contributed by atoms with Crippen LogP contribution in [-0.2, 0) is 9.53 Å². The monoisotopic (exact) mass is 255 g/mol. The fraction of sp³-hybridized carbons (Fsp3) is 0.833. The van der Waals surface area contributed by atoms with Gasteiger partial charge in [0, 0.05) is 26.2 Å². The van der Waals surface area contributed by atoms with Crippen LogP contribution in [0.15, 0.2) is 0 Å². The molecule has 1 saturated heterocycles. The van der Waals surface area contributed by atoms with Gasteiger partial charge in [-0.05, 0) is 26.2 Å². The number of amides is 2. The van der Waals surface area contributed by atoms with Gasteiger partial charge in [-0.25, -0.2) is 4.79 Å². The number of nitrogens with zero attached hydrogens (tertiary/aromatic N) is 2. The fourth-order valence-electron chi connectivity index (χ4n) is 2.39. The van der Waals surface area contributed by atoms with Crippen LogP contribution in [0, 0.1) is 0 Å². The van der Waals surface area contributed by atoms with Gasteiger partial charge in [-0.3, -0.25) is 4.79 Å². The first-order valence-electron chi connectivity index (χ1n) is 6.57. The summed E-state index contributed by atoms with van der Waals surface area (Å²) < 4.78 is 4.94. The van der Waals surface area contributed by atoms with Gasteiger partial charge < -0.3 is 20.3 Å². The standard InChI is InChI=1S/C12H21N3O3/c1-2-18-11(17)15-8-6-14(7-9-15)10(16)12(13)4-3-5-12/h2-9,13H2,1H3. The molecule has 2 N–H and O–H groups in total. The molecule has 0 aromatic carbocycles. The van der Waals surface area contributed by atoms with Gasteiger partial charge in [-0.15, -0.1) is 0 Å². The molecule has 2 amide bonds. The van der Waals surface area contributed by atoms with Crippen molar-refractivity contribution in [2.45, 2.75) is 31.7 Å². The van der Waals surface area contributed by atoms with E-state index in [9.17, 15) is 9.59 Å². The molecule has 1 aliphatic carbocycles. The van der Waals surface area contributed by atoms with Gasteiger partial charge in [0.2, 0.25) is 5.91 Å². The first kappa shape index (κ1) is 13.1. The van der Waals surface area contributed by atoms with E-state index in [1.807, 2.05) is 0 Å². The summed E-state index contributed by atoms with van der Waals surface area (Å²) in [6.45, 7) is 4.32. The summed E-state index contributed by atoms with van der Waals surface area (Å²) in [6.07, 6.45) is 2.30. The van der Waals surface area contributed by atoms with E-state index in [2.05, 4.69) is 0 Å². The molecule has 0 aromatic heterocycles. The Morgan fingerprint density at radius 2 is 1.72 bits per heavy atom. The Hall–Kier alpha value is -1.30. The molecule has 0 unspecified atom stereocenters. The maximum Gasteiger partial charge on any atom is 0.409 e. The number of rotatable bonds is 2. The van der Waals surface area contributed by atoms with Gasteiger partial charge in [0.25, 0.3) is 0 Å². The average molecular weight is 255 g/mol. The lowest BCUT2D eigenvalue weighted by molar-refractivity contribution is -0.141. The summed E-state index contributed by atoms with van der Waals surface area (Å²) in [7, 11) is 0. The third-order valence-electron chi connectivity index (χ3n) is 3.76. The van der Waals surface area contributed by atoms with Gasteiger partial charge in [0.1, 0.15) is 0 Å². The van der Waals surface area contributed by atoms with Crippen molar-refractivity contribution in [3.8, 4) is 0 Å². The molecule has 0 radical (unpaired) electrons. The van der Waals surface area contributed by atoms with Crippen LogP contribution in [0.1, 0.15) is 26.2 Å². The van der Waals surface area contributed by atoms with Crippen molar-refractivity contribution in [3.05, 3.63) is 0 Å². The molecule has 0 aromatic rings. The molecule has 6 nitrogen and oxygen atoms in total. The number of hydrogen-bond donors (Lipinski definition) is 1. The summed E-state index contributed by atoms with van der Waals surface area (Å²) in [5.41, 5.74) is 5.39. The second-order valence-corrected chi connectivity index (χ2v) is 4.99. The van der Waals surface area contributed by atoms with Gasteiger partial charge in [0.05, 0.1) is 12.1 Å². The molecule has 0 atom stereocenters. The summed E-state index contributed by atoms with van der Waals surface area (Å²) in [4.78, 5) is 27.1. The maximum atomic E-state index is 12.2. The van der Waals surface area contributed by atoms with E-state index in [-0.39, 0.29) is 12.0 Å². The molecular formula is C12H21N3O3. The Labute approximate surface area is 107 Å². The third kappa shape index (κ3) is 2.43. The van der Waals surface area contributed by atoms with Crippen molar-refractivity contribution in [1.29, 1.82) is 0 Å². The minimum atomic E-state index is -0.633. The number of carbonyl (C=O) groups excluding carboxylic acids is 2. The van der Waals surface area contributed by atoms with Crippen LogP contribution in [0.5, 0.6) is 0 Å². The molecule has 18 heavy (non-hydrogen) atoms. The minimum Gasteiger partial charge on any atom is -0.450 e. The smallest absolute Gasteiger partial charge is 0.409 e. The van der Waals surface area contributed by atoms with E-state index in [1.54, 1.807) is 16.7 Å². The first-order valence-corrected chi connectivity index (χ1v) is 6.57. The van der Waals surface area contributed by atoms with Crippen LogP contribution in [-0.4, -0.2) is 60.1 Å². The summed E-state index contributed by atoms with van der Waals surface area (Å²) >= 11 is 0. The van der Waals surface area contributed by atoms with Crippen molar-refractivity contribution >= 4 is 12.0 Å². The number of carbonyl (C=O) groups is 2. The van der Waals surface area contributed by atoms with E-state index in [4.69, 9.17) is 10.5 Å². The first-order chi connectivity index (χ1) is 8.57.